The van der Waals surface area contributed by atoms with Crippen molar-refractivity contribution >= 4 is 39.8 Å². The van der Waals surface area contributed by atoms with Crippen molar-refractivity contribution in [2.24, 2.45) is 0 Å². The molecule has 0 aliphatic heterocycles. The average Bonchev–Trinajstić information content (AvgIpc) is 3.23. The molecule has 1 aromatic heterocycles. The fourth-order valence-electron chi connectivity index (χ4n) is 3.31. The molecule has 4 nitrogen and oxygen atoms in total. The van der Waals surface area contributed by atoms with Gasteiger partial charge in [0.2, 0.25) is 0 Å². The van der Waals surface area contributed by atoms with E-state index in [2.05, 4.69) is 78.7 Å². The summed E-state index contributed by atoms with van der Waals surface area (Å²) in [5.41, 5.74) is 3.22. The minimum atomic E-state index is -0.0967. The molecule has 0 radical (unpaired) electrons. The predicted octanol–water partition coefficient (Wildman–Crippen LogP) is 6.21. The van der Waals surface area contributed by atoms with E-state index in [0.717, 1.165) is 15.1 Å². The summed E-state index contributed by atoms with van der Waals surface area (Å²) in [5, 5.41) is 14.8. The standard InChI is InChI=1S/C25H25N3OS2/c1-25(2,3)20-13-11-18(12-14-20)23(29)26-15-22-27-28-24(31-22)30-16-19-9-6-8-17-7-4-5-10-21(17)19/h4-14H,15-16H2,1-3H3,(H,26,29). The van der Waals surface area contributed by atoms with Gasteiger partial charge in [-0.05, 0) is 39.4 Å². The highest BCUT2D eigenvalue weighted by molar-refractivity contribution is 8.00. The van der Waals surface area contributed by atoms with E-state index in [0.29, 0.717) is 12.1 Å². The van der Waals surface area contributed by atoms with E-state index >= 15 is 0 Å². The number of hydrogen-bond donors (Lipinski definition) is 1. The highest BCUT2D eigenvalue weighted by Gasteiger charge is 2.15. The molecule has 0 unspecified atom stereocenters. The number of thioether (sulfide) groups is 1. The lowest BCUT2D eigenvalue weighted by Crippen LogP contribution is -2.23. The molecule has 31 heavy (non-hydrogen) atoms. The molecule has 3 aromatic carbocycles. The van der Waals surface area contributed by atoms with Gasteiger partial charge in [0.15, 0.2) is 4.34 Å². The van der Waals surface area contributed by atoms with Crippen LogP contribution in [-0.2, 0) is 17.7 Å². The summed E-state index contributed by atoms with van der Waals surface area (Å²) in [6.07, 6.45) is 0. The Hall–Kier alpha value is -2.70. The Kier molecular flexibility index (Phi) is 6.39. The van der Waals surface area contributed by atoms with E-state index in [1.807, 2.05) is 24.3 Å². The summed E-state index contributed by atoms with van der Waals surface area (Å²) in [6.45, 7) is 6.86. The third-order valence-corrected chi connectivity index (χ3v) is 7.20. The molecular weight excluding hydrogens is 422 g/mol. The quantitative estimate of drug-likeness (QED) is 0.357. The summed E-state index contributed by atoms with van der Waals surface area (Å²) in [4.78, 5) is 12.5. The van der Waals surface area contributed by atoms with E-state index < -0.39 is 0 Å². The van der Waals surface area contributed by atoms with E-state index in [9.17, 15) is 4.79 Å². The van der Waals surface area contributed by atoms with Crippen molar-refractivity contribution in [1.82, 2.24) is 15.5 Å². The van der Waals surface area contributed by atoms with Gasteiger partial charge in [0.05, 0.1) is 6.54 Å². The minimum Gasteiger partial charge on any atom is -0.345 e. The smallest absolute Gasteiger partial charge is 0.251 e. The molecule has 0 bridgehead atoms. The first-order valence-corrected chi connectivity index (χ1v) is 12.0. The second-order valence-electron chi connectivity index (χ2n) is 8.40. The molecule has 1 amide bonds. The number of carbonyl (C=O) groups excluding carboxylic acids is 1. The highest BCUT2D eigenvalue weighted by Crippen LogP contribution is 2.29. The van der Waals surface area contributed by atoms with Gasteiger partial charge >= 0.3 is 0 Å². The van der Waals surface area contributed by atoms with Crippen molar-refractivity contribution in [3.8, 4) is 0 Å². The summed E-state index contributed by atoms with van der Waals surface area (Å²) in [6, 6.07) is 22.6. The number of benzene rings is 3. The topological polar surface area (TPSA) is 54.9 Å². The zero-order valence-corrected chi connectivity index (χ0v) is 19.5. The number of hydrogen-bond acceptors (Lipinski definition) is 5. The van der Waals surface area contributed by atoms with Crippen LogP contribution in [0.15, 0.2) is 71.1 Å². The molecule has 158 valence electrons. The monoisotopic (exact) mass is 447 g/mol. The van der Waals surface area contributed by atoms with Crippen molar-refractivity contribution < 1.29 is 4.79 Å². The third-order valence-electron chi connectivity index (χ3n) is 5.09. The third kappa shape index (κ3) is 5.32. The van der Waals surface area contributed by atoms with Crippen molar-refractivity contribution in [2.75, 3.05) is 0 Å². The molecule has 1 heterocycles. The molecule has 0 spiro atoms. The lowest BCUT2D eigenvalue weighted by Gasteiger charge is -2.19. The van der Waals surface area contributed by atoms with Crippen LogP contribution in [0.5, 0.6) is 0 Å². The predicted molar refractivity (Wildman–Crippen MR) is 130 cm³/mol. The highest BCUT2D eigenvalue weighted by atomic mass is 32.2. The summed E-state index contributed by atoms with van der Waals surface area (Å²) < 4.78 is 0.909. The van der Waals surface area contributed by atoms with Crippen LogP contribution in [0.4, 0.5) is 0 Å². The van der Waals surface area contributed by atoms with Gasteiger partial charge in [0.1, 0.15) is 5.01 Å². The van der Waals surface area contributed by atoms with Gasteiger partial charge in [-0.25, -0.2) is 0 Å². The first-order chi connectivity index (χ1) is 14.9. The van der Waals surface area contributed by atoms with Crippen LogP contribution in [0.1, 0.15) is 47.3 Å². The van der Waals surface area contributed by atoms with Crippen molar-refractivity contribution in [2.45, 2.75) is 42.8 Å². The van der Waals surface area contributed by atoms with Gasteiger partial charge in [-0.2, -0.15) is 0 Å². The Balaban J connectivity index is 1.33. The Morgan fingerprint density at radius 3 is 2.48 bits per heavy atom. The second-order valence-corrected chi connectivity index (χ2v) is 10.7. The van der Waals surface area contributed by atoms with Gasteiger partial charge in [0, 0.05) is 11.3 Å². The van der Waals surface area contributed by atoms with E-state index in [-0.39, 0.29) is 11.3 Å². The molecular formula is C25H25N3OS2. The lowest BCUT2D eigenvalue weighted by molar-refractivity contribution is 0.0950. The van der Waals surface area contributed by atoms with Crippen molar-refractivity contribution in [3.05, 3.63) is 88.4 Å². The summed E-state index contributed by atoms with van der Waals surface area (Å²) in [7, 11) is 0. The minimum absolute atomic E-state index is 0.0711. The molecule has 6 heteroatoms. The van der Waals surface area contributed by atoms with Gasteiger partial charge in [-0.1, -0.05) is 98.5 Å². The van der Waals surface area contributed by atoms with E-state index in [4.69, 9.17) is 0 Å². The SMILES string of the molecule is CC(C)(C)c1ccc(C(=O)NCc2nnc(SCc3cccc4ccccc34)s2)cc1. The number of rotatable bonds is 6. The molecule has 0 aliphatic rings. The van der Waals surface area contributed by atoms with Gasteiger partial charge in [0.25, 0.3) is 5.91 Å². The number of fused-ring (bicyclic) bond motifs is 1. The fraction of sp³-hybridized carbons (Fsp3) is 0.240. The normalized spacial score (nSPS) is 11.6. The maximum absolute atomic E-state index is 12.5. The van der Waals surface area contributed by atoms with Gasteiger partial charge in [-0.15, -0.1) is 10.2 Å². The molecule has 0 fully saturated rings. The molecule has 0 saturated carbocycles. The van der Waals surface area contributed by atoms with Crippen LogP contribution in [-0.4, -0.2) is 16.1 Å². The maximum atomic E-state index is 12.5. The van der Waals surface area contributed by atoms with Crippen molar-refractivity contribution in [1.29, 1.82) is 0 Å². The Bertz CT molecular complexity index is 1190. The summed E-state index contributed by atoms with van der Waals surface area (Å²) >= 11 is 3.20. The molecule has 0 atom stereocenters. The van der Waals surface area contributed by atoms with Gasteiger partial charge in [-0.3, -0.25) is 4.79 Å². The summed E-state index contributed by atoms with van der Waals surface area (Å²) in [5.74, 6) is 0.739. The fourth-order valence-corrected chi connectivity index (χ4v) is 5.14. The Labute approximate surface area is 191 Å². The van der Waals surface area contributed by atoms with Crippen LogP contribution >= 0.6 is 23.1 Å². The Morgan fingerprint density at radius 2 is 1.71 bits per heavy atom. The van der Waals surface area contributed by atoms with Gasteiger partial charge < -0.3 is 5.32 Å². The van der Waals surface area contributed by atoms with Crippen LogP contribution in [0, 0.1) is 0 Å². The van der Waals surface area contributed by atoms with Crippen molar-refractivity contribution in [3.63, 3.8) is 0 Å². The first-order valence-electron chi connectivity index (χ1n) is 10.2. The molecule has 4 aromatic rings. The zero-order chi connectivity index (χ0) is 21.8. The van der Waals surface area contributed by atoms with Crippen LogP contribution in [0.3, 0.4) is 0 Å². The number of nitrogens with one attached hydrogen (secondary N) is 1. The first kappa shape index (κ1) is 21.5. The largest absolute Gasteiger partial charge is 0.345 e. The number of nitrogens with zero attached hydrogens (tertiary/aromatic N) is 2. The van der Waals surface area contributed by atoms with Crippen LogP contribution < -0.4 is 5.32 Å². The lowest BCUT2D eigenvalue weighted by atomic mass is 9.87. The van der Waals surface area contributed by atoms with Crippen LogP contribution in [0.25, 0.3) is 10.8 Å². The number of carbonyl (C=O) groups is 1. The second kappa shape index (κ2) is 9.20. The molecule has 4 rings (SSSR count). The molecule has 0 saturated heterocycles. The molecule has 1 N–H and O–H groups in total. The number of aromatic nitrogens is 2. The van der Waals surface area contributed by atoms with E-state index in [1.54, 1.807) is 11.8 Å². The molecule has 0 aliphatic carbocycles. The van der Waals surface area contributed by atoms with Crippen LogP contribution in [0.2, 0.25) is 0 Å². The zero-order valence-electron chi connectivity index (χ0n) is 17.9. The average molecular weight is 448 g/mol. The van der Waals surface area contributed by atoms with E-state index in [1.165, 1.54) is 33.2 Å². The maximum Gasteiger partial charge on any atom is 0.251 e. The Morgan fingerprint density at radius 1 is 0.968 bits per heavy atom. The number of amides is 1.